The largest absolute Gasteiger partial charge is 0.480 e. The van der Waals surface area contributed by atoms with Gasteiger partial charge in [-0.1, -0.05) is 6.07 Å². The van der Waals surface area contributed by atoms with Gasteiger partial charge in [-0.15, -0.1) is 16.4 Å². The second-order valence-corrected chi connectivity index (χ2v) is 4.22. The Balaban J connectivity index is 2.24. The Bertz CT molecular complexity index is 575. The number of methoxy groups -OCH3 is 1. The zero-order chi connectivity index (χ0) is 12.3. The summed E-state index contributed by atoms with van der Waals surface area (Å²) in [6.07, 6.45) is 0. The number of aromatic nitrogens is 2. The van der Waals surface area contributed by atoms with Gasteiger partial charge in [-0.05, 0) is 11.4 Å². The van der Waals surface area contributed by atoms with Crippen LogP contribution in [0.1, 0.15) is 9.67 Å². The fourth-order valence-corrected chi connectivity index (χ4v) is 1.96. The average molecular weight is 250 g/mol. The first kappa shape index (κ1) is 11.5. The zero-order valence-corrected chi connectivity index (χ0v) is 9.94. The molecule has 0 aliphatic carbocycles. The minimum absolute atomic E-state index is 0.0729. The van der Waals surface area contributed by atoms with E-state index in [0.717, 1.165) is 4.68 Å². The SMILES string of the molecule is COc1ccc(=O)n(CC(=O)c2cccs2)n1. The van der Waals surface area contributed by atoms with Crippen LogP contribution >= 0.6 is 11.3 Å². The summed E-state index contributed by atoms with van der Waals surface area (Å²) in [6, 6.07) is 6.31. The van der Waals surface area contributed by atoms with E-state index in [1.807, 2.05) is 5.38 Å². The van der Waals surface area contributed by atoms with Gasteiger partial charge in [0.25, 0.3) is 5.56 Å². The summed E-state index contributed by atoms with van der Waals surface area (Å²) in [4.78, 5) is 23.9. The van der Waals surface area contributed by atoms with Crippen molar-refractivity contribution in [3.05, 3.63) is 44.9 Å². The maximum absolute atomic E-state index is 11.8. The van der Waals surface area contributed by atoms with E-state index in [0.29, 0.717) is 10.8 Å². The highest BCUT2D eigenvalue weighted by molar-refractivity contribution is 7.12. The number of Topliss-reactive ketones (excluding diaryl/α,β-unsaturated/α-hetero) is 1. The molecule has 0 unspecified atom stereocenters. The Hall–Kier alpha value is -1.95. The zero-order valence-electron chi connectivity index (χ0n) is 9.12. The second kappa shape index (κ2) is 4.92. The summed E-state index contributed by atoms with van der Waals surface area (Å²) in [6.45, 7) is -0.0729. The molecule has 6 heteroatoms. The van der Waals surface area contributed by atoms with Crippen LogP contribution in [0.5, 0.6) is 5.88 Å². The Morgan fingerprint density at radius 3 is 2.94 bits per heavy atom. The Morgan fingerprint density at radius 2 is 2.29 bits per heavy atom. The van der Waals surface area contributed by atoms with E-state index in [1.54, 1.807) is 12.1 Å². The summed E-state index contributed by atoms with van der Waals surface area (Å²) < 4.78 is 6.00. The van der Waals surface area contributed by atoms with Crippen molar-refractivity contribution in [3.8, 4) is 5.88 Å². The molecule has 2 aromatic rings. The van der Waals surface area contributed by atoms with Crippen LogP contribution in [0, 0.1) is 0 Å². The van der Waals surface area contributed by atoms with Crippen molar-refractivity contribution in [2.45, 2.75) is 6.54 Å². The molecule has 2 heterocycles. The number of carbonyl (C=O) groups is 1. The summed E-state index contributed by atoms with van der Waals surface area (Å²) in [5.74, 6) is 0.173. The number of nitrogens with zero attached hydrogens (tertiary/aromatic N) is 2. The number of carbonyl (C=O) groups excluding carboxylic acids is 1. The van der Waals surface area contributed by atoms with Crippen LogP contribution in [0.25, 0.3) is 0 Å². The molecule has 0 aliphatic rings. The number of hydrogen-bond donors (Lipinski definition) is 0. The van der Waals surface area contributed by atoms with E-state index < -0.39 is 0 Å². The van der Waals surface area contributed by atoms with E-state index in [2.05, 4.69) is 5.10 Å². The Kier molecular flexibility index (Phi) is 3.34. The van der Waals surface area contributed by atoms with E-state index in [1.165, 1.54) is 30.6 Å². The number of rotatable bonds is 4. The highest BCUT2D eigenvalue weighted by Gasteiger charge is 2.10. The van der Waals surface area contributed by atoms with Crippen molar-refractivity contribution in [3.63, 3.8) is 0 Å². The van der Waals surface area contributed by atoms with Crippen LogP contribution in [-0.2, 0) is 6.54 Å². The minimum Gasteiger partial charge on any atom is -0.480 e. The molecule has 0 aromatic carbocycles. The van der Waals surface area contributed by atoms with Crippen LogP contribution in [-0.4, -0.2) is 22.7 Å². The van der Waals surface area contributed by atoms with E-state index in [4.69, 9.17) is 4.74 Å². The van der Waals surface area contributed by atoms with Crippen LogP contribution < -0.4 is 10.3 Å². The third-order valence-electron chi connectivity index (χ3n) is 2.14. The second-order valence-electron chi connectivity index (χ2n) is 3.27. The number of ketones is 1. The lowest BCUT2D eigenvalue weighted by molar-refractivity contribution is 0.0969. The van der Waals surface area contributed by atoms with Crippen molar-refractivity contribution in [1.82, 2.24) is 9.78 Å². The van der Waals surface area contributed by atoms with Gasteiger partial charge in [0, 0.05) is 12.1 Å². The van der Waals surface area contributed by atoms with Crippen molar-refractivity contribution in [2.75, 3.05) is 7.11 Å². The summed E-state index contributed by atoms with van der Waals surface area (Å²) in [7, 11) is 1.46. The molecule has 0 amide bonds. The lowest BCUT2D eigenvalue weighted by Gasteiger charge is -2.04. The standard InChI is InChI=1S/C11H10N2O3S/c1-16-10-4-5-11(15)13(12-10)7-8(14)9-3-2-6-17-9/h2-6H,7H2,1H3. The number of hydrogen-bond acceptors (Lipinski definition) is 5. The first-order valence-corrected chi connectivity index (χ1v) is 5.77. The topological polar surface area (TPSA) is 61.2 Å². The molecule has 88 valence electrons. The summed E-state index contributed by atoms with van der Waals surface area (Å²) >= 11 is 1.34. The molecule has 2 aromatic heterocycles. The van der Waals surface area contributed by atoms with Crippen LogP contribution in [0.4, 0.5) is 0 Å². The number of thiophene rings is 1. The molecule has 0 saturated heterocycles. The summed E-state index contributed by atoms with van der Waals surface area (Å²) in [5, 5.41) is 5.72. The third-order valence-corrected chi connectivity index (χ3v) is 3.05. The molecular weight excluding hydrogens is 240 g/mol. The van der Waals surface area contributed by atoms with Gasteiger partial charge in [0.2, 0.25) is 5.88 Å². The lowest BCUT2D eigenvalue weighted by atomic mass is 10.3. The molecule has 0 N–H and O–H groups in total. The van der Waals surface area contributed by atoms with Crippen LogP contribution in [0.3, 0.4) is 0 Å². The molecule has 2 rings (SSSR count). The molecule has 17 heavy (non-hydrogen) atoms. The van der Waals surface area contributed by atoms with Gasteiger partial charge in [-0.3, -0.25) is 9.59 Å². The van der Waals surface area contributed by atoms with Gasteiger partial charge >= 0.3 is 0 Å². The molecule has 0 atom stereocenters. The van der Waals surface area contributed by atoms with Crippen LogP contribution in [0.15, 0.2) is 34.4 Å². The van der Waals surface area contributed by atoms with Gasteiger partial charge in [0.15, 0.2) is 5.78 Å². The first-order chi connectivity index (χ1) is 8.20. The first-order valence-electron chi connectivity index (χ1n) is 4.89. The fourth-order valence-electron chi connectivity index (χ4n) is 1.30. The highest BCUT2D eigenvalue weighted by Crippen LogP contribution is 2.10. The number of ether oxygens (including phenoxy) is 1. The lowest BCUT2D eigenvalue weighted by Crippen LogP contribution is -2.25. The fraction of sp³-hybridized carbons (Fsp3) is 0.182. The quantitative estimate of drug-likeness (QED) is 0.765. The predicted octanol–water partition coefficient (Wildman–Crippen LogP) is 1.20. The van der Waals surface area contributed by atoms with Gasteiger partial charge in [0.05, 0.1) is 12.0 Å². The molecule has 0 aliphatic heterocycles. The Morgan fingerprint density at radius 1 is 1.47 bits per heavy atom. The summed E-state index contributed by atoms with van der Waals surface area (Å²) in [5.41, 5.74) is -0.323. The molecule has 0 saturated carbocycles. The smallest absolute Gasteiger partial charge is 0.267 e. The molecular formula is C11H10N2O3S. The van der Waals surface area contributed by atoms with Crippen molar-refractivity contribution in [1.29, 1.82) is 0 Å². The maximum Gasteiger partial charge on any atom is 0.267 e. The molecule has 0 radical (unpaired) electrons. The van der Waals surface area contributed by atoms with Crippen LogP contribution in [0.2, 0.25) is 0 Å². The molecule has 0 spiro atoms. The average Bonchev–Trinajstić information content (AvgIpc) is 2.85. The van der Waals surface area contributed by atoms with Gasteiger partial charge in [0.1, 0.15) is 6.54 Å². The predicted molar refractivity (Wildman–Crippen MR) is 63.7 cm³/mol. The van der Waals surface area contributed by atoms with Crippen molar-refractivity contribution >= 4 is 17.1 Å². The Labute approximate surface area is 101 Å². The highest BCUT2D eigenvalue weighted by atomic mass is 32.1. The third kappa shape index (κ3) is 2.59. The molecule has 0 bridgehead atoms. The van der Waals surface area contributed by atoms with Crippen molar-refractivity contribution < 1.29 is 9.53 Å². The monoisotopic (exact) mass is 250 g/mol. The van der Waals surface area contributed by atoms with Gasteiger partial charge in [-0.2, -0.15) is 0 Å². The normalized spacial score (nSPS) is 10.2. The van der Waals surface area contributed by atoms with E-state index in [9.17, 15) is 9.59 Å². The molecule has 5 nitrogen and oxygen atoms in total. The maximum atomic E-state index is 11.8. The minimum atomic E-state index is -0.323. The van der Waals surface area contributed by atoms with E-state index in [-0.39, 0.29) is 17.9 Å². The molecule has 0 fully saturated rings. The van der Waals surface area contributed by atoms with Gasteiger partial charge in [-0.25, -0.2) is 4.68 Å². The van der Waals surface area contributed by atoms with Crippen molar-refractivity contribution in [2.24, 2.45) is 0 Å². The van der Waals surface area contributed by atoms with Gasteiger partial charge < -0.3 is 4.74 Å². The van der Waals surface area contributed by atoms with E-state index >= 15 is 0 Å².